The zero-order chi connectivity index (χ0) is 11.8. The fourth-order valence-corrected chi connectivity index (χ4v) is 1.95. The van der Waals surface area contributed by atoms with E-state index in [1.807, 2.05) is 38.2 Å². The fourth-order valence-electron chi connectivity index (χ4n) is 1.78. The van der Waals surface area contributed by atoms with Crippen molar-refractivity contribution in [3.05, 3.63) is 35.0 Å². The third kappa shape index (κ3) is 1.75. The maximum absolute atomic E-state index is 10.4. The summed E-state index contributed by atoms with van der Waals surface area (Å²) >= 11 is 5.90. The standard InChI is InChI=1S/C12H11ClN2O/c1-12(2,15-7-16)10-6-14-11-5-8(13)3-4-9(10)11/h3-6,14H,1-2H3. The Balaban J connectivity index is 2.67. The van der Waals surface area contributed by atoms with Gasteiger partial charge in [0.05, 0.1) is 5.54 Å². The van der Waals surface area contributed by atoms with Gasteiger partial charge in [-0.25, -0.2) is 4.79 Å². The highest BCUT2D eigenvalue weighted by atomic mass is 35.5. The topological polar surface area (TPSA) is 45.2 Å². The number of nitrogens with one attached hydrogen (secondary N) is 1. The molecule has 0 unspecified atom stereocenters. The molecule has 1 heterocycles. The van der Waals surface area contributed by atoms with E-state index in [0.29, 0.717) is 5.02 Å². The third-order valence-corrected chi connectivity index (χ3v) is 2.86. The molecule has 0 aliphatic heterocycles. The Morgan fingerprint density at radius 2 is 2.19 bits per heavy atom. The lowest BCUT2D eigenvalue weighted by molar-refractivity contribution is 0.525. The molecule has 3 nitrogen and oxygen atoms in total. The Hall–Kier alpha value is -1.57. The van der Waals surface area contributed by atoms with Gasteiger partial charge in [-0.05, 0) is 26.0 Å². The molecule has 0 aliphatic carbocycles. The largest absolute Gasteiger partial charge is 0.361 e. The monoisotopic (exact) mass is 234 g/mol. The minimum atomic E-state index is -0.576. The van der Waals surface area contributed by atoms with Gasteiger partial charge in [-0.3, -0.25) is 0 Å². The van der Waals surface area contributed by atoms with Crippen molar-refractivity contribution in [1.29, 1.82) is 0 Å². The van der Waals surface area contributed by atoms with Crippen molar-refractivity contribution in [2.75, 3.05) is 0 Å². The number of nitrogens with zero attached hydrogens (tertiary/aromatic N) is 1. The second kappa shape index (κ2) is 3.78. The minimum Gasteiger partial charge on any atom is -0.361 e. The van der Waals surface area contributed by atoms with Gasteiger partial charge >= 0.3 is 0 Å². The van der Waals surface area contributed by atoms with E-state index in [0.717, 1.165) is 16.5 Å². The highest BCUT2D eigenvalue weighted by Crippen LogP contribution is 2.32. The first kappa shape index (κ1) is 10.9. The Morgan fingerprint density at radius 3 is 2.88 bits per heavy atom. The molecule has 0 saturated carbocycles. The average Bonchev–Trinajstić information content (AvgIpc) is 2.60. The molecule has 16 heavy (non-hydrogen) atoms. The first-order chi connectivity index (χ1) is 7.54. The Kier molecular flexibility index (Phi) is 2.58. The number of hydrogen-bond donors (Lipinski definition) is 1. The van der Waals surface area contributed by atoms with Crippen molar-refractivity contribution in [2.24, 2.45) is 4.99 Å². The van der Waals surface area contributed by atoms with E-state index in [-0.39, 0.29) is 0 Å². The highest BCUT2D eigenvalue weighted by molar-refractivity contribution is 6.31. The molecule has 0 saturated heterocycles. The summed E-state index contributed by atoms with van der Waals surface area (Å²) in [4.78, 5) is 17.3. The number of halogens is 1. The number of carbonyl (C=O) groups excluding carboxylic acids is 1. The Bertz CT molecular complexity index is 580. The molecule has 0 aliphatic rings. The molecule has 1 N–H and O–H groups in total. The van der Waals surface area contributed by atoms with Gasteiger partial charge in [-0.2, -0.15) is 4.99 Å². The predicted octanol–water partition coefficient (Wildman–Crippen LogP) is 3.39. The number of rotatable bonds is 2. The van der Waals surface area contributed by atoms with Crippen LogP contribution in [0.3, 0.4) is 0 Å². The molecular weight excluding hydrogens is 224 g/mol. The van der Waals surface area contributed by atoms with Gasteiger partial charge < -0.3 is 4.98 Å². The van der Waals surface area contributed by atoms with Crippen molar-refractivity contribution in [1.82, 2.24) is 4.98 Å². The van der Waals surface area contributed by atoms with Crippen molar-refractivity contribution < 1.29 is 4.79 Å². The molecule has 2 aromatic rings. The van der Waals surface area contributed by atoms with Crippen molar-refractivity contribution in [3.8, 4) is 0 Å². The van der Waals surface area contributed by atoms with Crippen LogP contribution in [-0.4, -0.2) is 11.1 Å². The molecule has 0 fully saturated rings. The van der Waals surface area contributed by atoms with Gasteiger partial charge in [0.1, 0.15) is 0 Å². The zero-order valence-electron chi connectivity index (χ0n) is 9.04. The van der Waals surface area contributed by atoms with E-state index in [9.17, 15) is 4.79 Å². The van der Waals surface area contributed by atoms with Crippen molar-refractivity contribution in [2.45, 2.75) is 19.4 Å². The molecule has 2 rings (SSSR count). The van der Waals surface area contributed by atoms with E-state index in [1.165, 1.54) is 0 Å². The van der Waals surface area contributed by atoms with Crippen LogP contribution in [0.4, 0.5) is 0 Å². The van der Waals surface area contributed by atoms with Crippen molar-refractivity contribution >= 4 is 28.6 Å². The molecule has 0 bridgehead atoms. The predicted molar refractivity (Wildman–Crippen MR) is 64.5 cm³/mol. The van der Waals surface area contributed by atoms with Crippen LogP contribution in [0.15, 0.2) is 29.4 Å². The van der Waals surface area contributed by atoms with Crippen LogP contribution in [0.5, 0.6) is 0 Å². The Morgan fingerprint density at radius 1 is 1.44 bits per heavy atom. The number of fused-ring (bicyclic) bond motifs is 1. The van der Waals surface area contributed by atoms with Crippen LogP contribution in [0.1, 0.15) is 19.4 Å². The quantitative estimate of drug-likeness (QED) is 0.628. The molecule has 0 amide bonds. The molecule has 1 aromatic carbocycles. The summed E-state index contributed by atoms with van der Waals surface area (Å²) in [7, 11) is 0. The lowest BCUT2D eigenvalue weighted by atomic mass is 9.95. The van der Waals surface area contributed by atoms with Gasteiger partial charge in [0.25, 0.3) is 0 Å². The van der Waals surface area contributed by atoms with E-state index >= 15 is 0 Å². The third-order valence-electron chi connectivity index (χ3n) is 2.63. The number of H-pyrrole nitrogens is 1. The molecule has 0 atom stereocenters. The SMILES string of the molecule is CC(C)(N=C=O)c1c[nH]c2cc(Cl)ccc12. The molecule has 82 valence electrons. The summed E-state index contributed by atoms with van der Waals surface area (Å²) in [5.41, 5.74) is 1.33. The summed E-state index contributed by atoms with van der Waals surface area (Å²) in [6.07, 6.45) is 3.46. The van der Waals surface area contributed by atoms with Gasteiger partial charge in [0.15, 0.2) is 0 Å². The summed E-state index contributed by atoms with van der Waals surface area (Å²) in [6, 6.07) is 5.59. The highest BCUT2D eigenvalue weighted by Gasteiger charge is 2.23. The van der Waals surface area contributed by atoms with E-state index < -0.39 is 5.54 Å². The Labute approximate surface area is 98.1 Å². The minimum absolute atomic E-state index is 0.576. The normalized spacial score (nSPS) is 11.4. The van der Waals surface area contributed by atoms with E-state index in [4.69, 9.17) is 11.6 Å². The van der Waals surface area contributed by atoms with Crippen LogP contribution in [0.2, 0.25) is 5.02 Å². The average molecular weight is 235 g/mol. The first-order valence-corrected chi connectivity index (χ1v) is 5.28. The van der Waals surface area contributed by atoms with Crippen molar-refractivity contribution in [3.63, 3.8) is 0 Å². The maximum Gasteiger partial charge on any atom is 0.235 e. The molecule has 1 aromatic heterocycles. The molecule has 0 spiro atoms. The summed E-state index contributed by atoms with van der Waals surface area (Å²) in [5, 5.41) is 1.70. The summed E-state index contributed by atoms with van der Waals surface area (Å²) in [5.74, 6) is 0. The lowest BCUT2D eigenvalue weighted by Crippen LogP contribution is -2.12. The number of hydrogen-bond acceptors (Lipinski definition) is 2. The summed E-state index contributed by atoms with van der Waals surface area (Å²) < 4.78 is 0. The van der Waals surface area contributed by atoms with Gasteiger partial charge in [0.2, 0.25) is 6.08 Å². The van der Waals surface area contributed by atoms with E-state index in [2.05, 4.69) is 9.98 Å². The molecule has 4 heteroatoms. The van der Waals surface area contributed by atoms with Gasteiger partial charge in [-0.15, -0.1) is 0 Å². The number of aromatic amines is 1. The van der Waals surface area contributed by atoms with Gasteiger partial charge in [0, 0.05) is 27.7 Å². The number of aromatic nitrogens is 1. The number of aliphatic imine (C=N–C) groups is 1. The van der Waals surface area contributed by atoms with Crippen LogP contribution < -0.4 is 0 Å². The zero-order valence-corrected chi connectivity index (χ0v) is 9.80. The number of benzene rings is 1. The molecular formula is C12H11ClN2O. The second-order valence-electron chi connectivity index (χ2n) is 4.15. The van der Waals surface area contributed by atoms with Crippen LogP contribution in [0.25, 0.3) is 10.9 Å². The summed E-state index contributed by atoms with van der Waals surface area (Å²) in [6.45, 7) is 3.74. The smallest absolute Gasteiger partial charge is 0.235 e. The van der Waals surface area contributed by atoms with E-state index in [1.54, 1.807) is 6.08 Å². The van der Waals surface area contributed by atoms with Crippen LogP contribution >= 0.6 is 11.6 Å². The van der Waals surface area contributed by atoms with Crippen LogP contribution in [-0.2, 0) is 10.3 Å². The number of isocyanates is 1. The maximum atomic E-state index is 10.4. The first-order valence-electron chi connectivity index (χ1n) is 4.91. The van der Waals surface area contributed by atoms with Crippen LogP contribution in [0, 0.1) is 0 Å². The lowest BCUT2D eigenvalue weighted by Gasteiger charge is -2.16. The fraction of sp³-hybridized carbons (Fsp3) is 0.250. The second-order valence-corrected chi connectivity index (χ2v) is 4.59. The van der Waals surface area contributed by atoms with Gasteiger partial charge in [-0.1, -0.05) is 17.7 Å². The molecule has 0 radical (unpaired) electrons.